The lowest BCUT2D eigenvalue weighted by molar-refractivity contribution is 0.421. The van der Waals surface area contributed by atoms with Crippen LogP contribution in [0.15, 0.2) is 138 Å². The molecule has 7 aromatic rings. The summed E-state index contributed by atoms with van der Waals surface area (Å²) in [6.07, 6.45) is 7.04. The zero-order chi connectivity index (χ0) is 30.5. The molecule has 3 atom stereocenters. The number of rotatable bonds is 6. The largest absolute Gasteiger partial charge is 0.443 e. The average molecular weight is 596 g/mol. The SMILES string of the molecule is c1ccc(-c2cc(-c3cccc(-c4cccc(-c5ccc(C6CC7CCC6C7)c6ncoc56)c4)c3)nc(-c3ccccc3)n2)cc1. The second-order valence-electron chi connectivity index (χ2n) is 12.9. The topological polar surface area (TPSA) is 51.8 Å². The molecule has 3 unspecified atom stereocenters. The molecular formula is C42H33N3O. The minimum atomic E-state index is 0.612. The highest BCUT2D eigenvalue weighted by molar-refractivity contribution is 5.93. The minimum absolute atomic E-state index is 0.612. The number of benzene rings is 5. The van der Waals surface area contributed by atoms with Gasteiger partial charge in [0.05, 0.1) is 11.4 Å². The van der Waals surface area contributed by atoms with Crippen molar-refractivity contribution >= 4 is 11.1 Å². The molecule has 46 heavy (non-hydrogen) atoms. The molecule has 5 aromatic carbocycles. The van der Waals surface area contributed by atoms with Gasteiger partial charge >= 0.3 is 0 Å². The first-order valence-electron chi connectivity index (χ1n) is 16.3. The van der Waals surface area contributed by atoms with Crippen LogP contribution in [0.1, 0.15) is 37.2 Å². The maximum absolute atomic E-state index is 6.08. The third-order valence-electron chi connectivity index (χ3n) is 10.1. The Balaban J connectivity index is 1.09. The van der Waals surface area contributed by atoms with Crippen LogP contribution >= 0.6 is 0 Å². The van der Waals surface area contributed by atoms with E-state index in [1.165, 1.54) is 31.2 Å². The number of nitrogens with zero attached hydrogens (tertiary/aromatic N) is 3. The van der Waals surface area contributed by atoms with E-state index < -0.39 is 0 Å². The van der Waals surface area contributed by atoms with Gasteiger partial charge in [-0.05, 0) is 77.5 Å². The van der Waals surface area contributed by atoms with Gasteiger partial charge in [-0.1, -0.05) is 116 Å². The van der Waals surface area contributed by atoms with Crippen molar-refractivity contribution in [2.45, 2.75) is 31.6 Å². The van der Waals surface area contributed by atoms with Crippen LogP contribution in [-0.4, -0.2) is 15.0 Å². The molecule has 2 aliphatic carbocycles. The maximum Gasteiger partial charge on any atom is 0.182 e. The van der Waals surface area contributed by atoms with Crippen molar-refractivity contribution < 1.29 is 4.42 Å². The van der Waals surface area contributed by atoms with E-state index in [-0.39, 0.29) is 0 Å². The zero-order valence-electron chi connectivity index (χ0n) is 25.5. The summed E-state index contributed by atoms with van der Waals surface area (Å²) in [5, 5.41) is 0. The Morgan fingerprint density at radius 1 is 0.543 bits per heavy atom. The van der Waals surface area contributed by atoms with Gasteiger partial charge in [-0.25, -0.2) is 15.0 Å². The molecule has 2 saturated carbocycles. The van der Waals surface area contributed by atoms with Crippen molar-refractivity contribution in [3.63, 3.8) is 0 Å². The van der Waals surface area contributed by atoms with Crippen LogP contribution in [0.4, 0.5) is 0 Å². The van der Waals surface area contributed by atoms with Crippen molar-refractivity contribution in [3.8, 4) is 56.2 Å². The van der Waals surface area contributed by atoms with Crippen molar-refractivity contribution in [1.29, 1.82) is 0 Å². The normalized spacial score (nSPS) is 18.7. The Morgan fingerprint density at radius 3 is 1.91 bits per heavy atom. The second kappa shape index (κ2) is 11.2. The second-order valence-corrected chi connectivity index (χ2v) is 12.9. The molecule has 0 amide bonds. The van der Waals surface area contributed by atoms with E-state index in [0.717, 1.165) is 73.3 Å². The molecular weight excluding hydrogens is 562 g/mol. The highest BCUT2D eigenvalue weighted by atomic mass is 16.3. The smallest absolute Gasteiger partial charge is 0.182 e. The molecule has 2 fully saturated rings. The first-order chi connectivity index (χ1) is 22.8. The Hall–Kier alpha value is -5.35. The standard InChI is InChI=1S/C42H33N3O/c1-3-9-28(10-4-1)38-25-39(45-42(44-38)29-11-5-2-6-12-29)34-16-8-14-31(24-34)30-13-7-15-32(23-30)35-19-20-36(40-41(35)46-26-43-40)37-22-27-17-18-33(37)21-27/h1-16,19-20,23-27,33,37H,17-18,21-22H2. The van der Waals surface area contributed by atoms with Crippen molar-refractivity contribution in [3.05, 3.63) is 139 Å². The summed E-state index contributed by atoms with van der Waals surface area (Å²) in [4.78, 5) is 14.8. The predicted octanol–water partition coefficient (Wildman–Crippen LogP) is 10.9. The van der Waals surface area contributed by atoms with E-state index in [0.29, 0.717) is 11.7 Å². The minimum Gasteiger partial charge on any atom is -0.443 e. The molecule has 4 heteroatoms. The molecule has 222 valence electrons. The lowest BCUT2D eigenvalue weighted by Gasteiger charge is -2.22. The van der Waals surface area contributed by atoms with Crippen LogP contribution in [0.3, 0.4) is 0 Å². The van der Waals surface area contributed by atoms with Crippen molar-refractivity contribution in [2.24, 2.45) is 11.8 Å². The van der Waals surface area contributed by atoms with Gasteiger partial charge in [0, 0.05) is 22.3 Å². The fraction of sp³-hybridized carbons (Fsp3) is 0.167. The quantitative estimate of drug-likeness (QED) is 0.192. The summed E-state index contributed by atoms with van der Waals surface area (Å²) in [6, 6.07) is 44.6. The summed E-state index contributed by atoms with van der Waals surface area (Å²) in [6.45, 7) is 0. The molecule has 2 heterocycles. The molecule has 2 aliphatic rings. The van der Waals surface area contributed by atoms with E-state index in [2.05, 4.69) is 91.0 Å². The molecule has 2 aromatic heterocycles. The third kappa shape index (κ3) is 4.82. The monoisotopic (exact) mass is 595 g/mol. The van der Waals surface area contributed by atoms with Gasteiger partial charge in [-0.2, -0.15) is 0 Å². The van der Waals surface area contributed by atoms with Gasteiger partial charge < -0.3 is 4.42 Å². The molecule has 0 aliphatic heterocycles. The number of fused-ring (bicyclic) bond motifs is 3. The van der Waals surface area contributed by atoms with Crippen LogP contribution in [0.5, 0.6) is 0 Å². The van der Waals surface area contributed by atoms with Crippen LogP contribution in [0.2, 0.25) is 0 Å². The lowest BCUT2D eigenvalue weighted by atomic mass is 9.82. The van der Waals surface area contributed by atoms with E-state index in [1.54, 1.807) is 6.39 Å². The number of hydrogen-bond acceptors (Lipinski definition) is 4. The first-order valence-corrected chi connectivity index (χ1v) is 16.3. The number of hydrogen-bond donors (Lipinski definition) is 0. The summed E-state index contributed by atoms with van der Waals surface area (Å²) < 4.78 is 6.08. The van der Waals surface area contributed by atoms with Gasteiger partial charge in [-0.15, -0.1) is 0 Å². The van der Waals surface area contributed by atoms with Crippen LogP contribution < -0.4 is 0 Å². The summed E-state index contributed by atoms with van der Waals surface area (Å²) >= 11 is 0. The van der Waals surface area contributed by atoms with Gasteiger partial charge in [-0.3, -0.25) is 0 Å². The first kappa shape index (κ1) is 27.0. The Labute approximate surface area is 268 Å². The van der Waals surface area contributed by atoms with Crippen LogP contribution in [-0.2, 0) is 0 Å². The Bertz CT molecular complexity index is 2130. The van der Waals surface area contributed by atoms with E-state index in [1.807, 2.05) is 36.4 Å². The summed E-state index contributed by atoms with van der Waals surface area (Å²) in [5.74, 6) is 3.02. The maximum atomic E-state index is 6.08. The van der Waals surface area contributed by atoms with E-state index in [9.17, 15) is 0 Å². The molecule has 0 radical (unpaired) electrons. The van der Waals surface area contributed by atoms with Crippen LogP contribution in [0, 0.1) is 11.8 Å². The predicted molar refractivity (Wildman–Crippen MR) is 185 cm³/mol. The highest BCUT2D eigenvalue weighted by Gasteiger charge is 2.41. The average Bonchev–Trinajstić information content (AvgIpc) is 3.91. The fourth-order valence-electron chi connectivity index (χ4n) is 7.92. The van der Waals surface area contributed by atoms with Gasteiger partial charge in [0.25, 0.3) is 0 Å². The summed E-state index contributed by atoms with van der Waals surface area (Å²) in [5.41, 5.74) is 12.7. The fourth-order valence-corrected chi connectivity index (χ4v) is 7.92. The van der Waals surface area contributed by atoms with Crippen molar-refractivity contribution in [2.75, 3.05) is 0 Å². The van der Waals surface area contributed by atoms with Gasteiger partial charge in [0.2, 0.25) is 0 Å². The van der Waals surface area contributed by atoms with E-state index >= 15 is 0 Å². The molecule has 4 nitrogen and oxygen atoms in total. The molecule has 2 bridgehead atoms. The van der Waals surface area contributed by atoms with Crippen molar-refractivity contribution in [1.82, 2.24) is 15.0 Å². The number of oxazole rings is 1. The van der Waals surface area contributed by atoms with Gasteiger partial charge in [0.15, 0.2) is 17.8 Å². The van der Waals surface area contributed by atoms with Crippen LogP contribution in [0.25, 0.3) is 67.3 Å². The molecule has 0 N–H and O–H groups in total. The molecule has 0 saturated heterocycles. The third-order valence-corrected chi connectivity index (χ3v) is 10.1. The van der Waals surface area contributed by atoms with E-state index in [4.69, 9.17) is 19.4 Å². The van der Waals surface area contributed by atoms with Gasteiger partial charge in [0.1, 0.15) is 5.52 Å². The summed E-state index contributed by atoms with van der Waals surface area (Å²) in [7, 11) is 0. The molecule has 9 rings (SSSR count). The number of aromatic nitrogens is 3. The highest BCUT2D eigenvalue weighted by Crippen LogP contribution is 2.54. The lowest BCUT2D eigenvalue weighted by Crippen LogP contribution is -2.09. The zero-order valence-corrected chi connectivity index (χ0v) is 25.5. The Kier molecular flexibility index (Phi) is 6.59. The molecule has 0 spiro atoms. The Morgan fingerprint density at radius 2 is 1.20 bits per heavy atom.